The van der Waals surface area contributed by atoms with Gasteiger partial charge in [-0.15, -0.1) is 0 Å². The van der Waals surface area contributed by atoms with E-state index in [9.17, 15) is 4.79 Å². The fraction of sp³-hybridized carbons (Fsp3) is 0.562. The lowest BCUT2D eigenvalue weighted by Crippen LogP contribution is -2.56. The number of carbonyl (C=O) groups excluding carboxylic acids is 1. The summed E-state index contributed by atoms with van der Waals surface area (Å²) in [6.45, 7) is 7.17. The van der Waals surface area contributed by atoms with Crippen LogP contribution in [0.5, 0.6) is 0 Å². The first-order chi connectivity index (χ1) is 9.56. The van der Waals surface area contributed by atoms with Crippen molar-refractivity contribution in [2.45, 2.75) is 38.8 Å². The zero-order chi connectivity index (χ0) is 14.3. The van der Waals surface area contributed by atoms with Gasteiger partial charge in [0.1, 0.15) is 0 Å². The third kappa shape index (κ3) is 2.29. The van der Waals surface area contributed by atoms with Gasteiger partial charge in [0.25, 0.3) is 5.91 Å². The Bertz CT molecular complexity index is 528. The van der Waals surface area contributed by atoms with E-state index in [-0.39, 0.29) is 11.9 Å². The van der Waals surface area contributed by atoms with Gasteiger partial charge in [-0.2, -0.15) is 0 Å². The molecule has 0 spiro atoms. The summed E-state index contributed by atoms with van der Waals surface area (Å²) in [5.41, 5.74) is 8.25. The normalized spacial score (nSPS) is 26.6. The second-order valence-electron chi connectivity index (χ2n) is 6.17. The Balaban J connectivity index is 1.82. The van der Waals surface area contributed by atoms with Crippen LogP contribution in [0.3, 0.4) is 0 Å². The average molecular weight is 273 g/mol. The summed E-state index contributed by atoms with van der Waals surface area (Å²) >= 11 is 0. The number of nitrogens with two attached hydrogens (primary N) is 1. The van der Waals surface area contributed by atoms with Gasteiger partial charge in [-0.05, 0) is 57.0 Å². The van der Waals surface area contributed by atoms with E-state index in [1.54, 1.807) is 0 Å². The molecule has 2 fully saturated rings. The van der Waals surface area contributed by atoms with Gasteiger partial charge in [0, 0.05) is 36.4 Å². The van der Waals surface area contributed by atoms with Crippen molar-refractivity contribution in [2.75, 3.05) is 25.4 Å². The van der Waals surface area contributed by atoms with E-state index in [1.807, 2.05) is 30.0 Å². The molecule has 1 amide bonds. The Morgan fingerprint density at radius 1 is 1.35 bits per heavy atom. The Morgan fingerprint density at radius 2 is 2.15 bits per heavy atom. The van der Waals surface area contributed by atoms with Crippen molar-refractivity contribution in [1.29, 1.82) is 0 Å². The van der Waals surface area contributed by atoms with Gasteiger partial charge in [0.05, 0.1) is 0 Å². The molecule has 2 aliphatic heterocycles. The minimum atomic E-state index is 0.154. The summed E-state index contributed by atoms with van der Waals surface area (Å²) in [5, 5.41) is 0. The molecular formula is C16H23N3O. The Morgan fingerprint density at radius 3 is 2.90 bits per heavy atom. The first kappa shape index (κ1) is 13.4. The number of rotatable bonds is 1. The van der Waals surface area contributed by atoms with Gasteiger partial charge in [-0.1, -0.05) is 0 Å². The number of hydrogen-bond donors (Lipinski definition) is 1. The number of piperazine rings is 1. The van der Waals surface area contributed by atoms with Crippen LogP contribution in [0.1, 0.15) is 35.7 Å². The molecule has 4 heteroatoms. The predicted octanol–water partition coefficient (Wildman–Crippen LogP) is 1.89. The fourth-order valence-electron chi connectivity index (χ4n) is 3.55. The van der Waals surface area contributed by atoms with Gasteiger partial charge >= 0.3 is 0 Å². The van der Waals surface area contributed by atoms with E-state index < -0.39 is 0 Å². The molecule has 0 saturated carbocycles. The van der Waals surface area contributed by atoms with E-state index in [0.29, 0.717) is 11.7 Å². The average Bonchev–Trinajstić information content (AvgIpc) is 2.84. The molecule has 0 radical (unpaired) electrons. The van der Waals surface area contributed by atoms with E-state index in [4.69, 9.17) is 5.73 Å². The zero-order valence-corrected chi connectivity index (χ0v) is 12.3. The maximum Gasteiger partial charge on any atom is 0.254 e. The number of aryl methyl sites for hydroxylation is 1. The van der Waals surface area contributed by atoms with Crippen LogP contribution in [0.4, 0.5) is 5.69 Å². The van der Waals surface area contributed by atoms with Crippen molar-refractivity contribution in [3.05, 3.63) is 29.3 Å². The van der Waals surface area contributed by atoms with Gasteiger partial charge in [0.2, 0.25) is 0 Å². The summed E-state index contributed by atoms with van der Waals surface area (Å²) in [6, 6.07) is 6.40. The van der Waals surface area contributed by atoms with Crippen LogP contribution in [0.15, 0.2) is 18.2 Å². The van der Waals surface area contributed by atoms with Crippen molar-refractivity contribution >= 4 is 11.6 Å². The van der Waals surface area contributed by atoms with Crippen molar-refractivity contribution in [1.82, 2.24) is 9.80 Å². The topological polar surface area (TPSA) is 49.6 Å². The molecule has 108 valence electrons. The zero-order valence-electron chi connectivity index (χ0n) is 12.3. The van der Waals surface area contributed by atoms with Crippen molar-refractivity contribution in [2.24, 2.45) is 0 Å². The molecule has 2 saturated heterocycles. The number of amides is 1. The molecule has 2 atom stereocenters. The molecule has 0 aromatic heterocycles. The number of carbonyl (C=O) groups is 1. The number of nitrogens with zero attached hydrogens (tertiary/aromatic N) is 2. The molecule has 1 aromatic rings. The molecule has 0 bridgehead atoms. The second kappa shape index (κ2) is 5.09. The SMILES string of the molecule is Cc1cc(N)ccc1C(=O)N1CC2CCCN2CC1C. The standard InChI is InChI=1S/C16H23N3O/c1-11-8-13(17)5-6-15(11)16(20)19-10-14-4-3-7-18(14)9-12(19)2/h5-6,8,12,14H,3-4,7,9-10,17H2,1-2H3. The van der Waals surface area contributed by atoms with Crippen molar-refractivity contribution in [3.63, 3.8) is 0 Å². The molecule has 2 aliphatic rings. The summed E-state index contributed by atoms with van der Waals surface area (Å²) in [4.78, 5) is 17.4. The van der Waals surface area contributed by atoms with E-state index in [1.165, 1.54) is 19.4 Å². The highest BCUT2D eigenvalue weighted by molar-refractivity contribution is 5.96. The van der Waals surface area contributed by atoms with Crippen molar-refractivity contribution < 1.29 is 4.79 Å². The molecule has 2 heterocycles. The molecule has 3 rings (SSSR count). The number of anilines is 1. The smallest absolute Gasteiger partial charge is 0.254 e. The number of benzene rings is 1. The van der Waals surface area contributed by atoms with E-state index in [2.05, 4.69) is 11.8 Å². The molecular weight excluding hydrogens is 250 g/mol. The number of nitrogen functional groups attached to an aromatic ring is 1. The van der Waals surface area contributed by atoms with Gasteiger partial charge in [-0.25, -0.2) is 0 Å². The van der Waals surface area contributed by atoms with Crippen LogP contribution >= 0.6 is 0 Å². The monoisotopic (exact) mass is 273 g/mol. The molecule has 1 aromatic carbocycles. The van der Waals surface area contributed by atoms with Gasteiger partial charge in [-0.3, -0.25) is 9.69 Å². The Kier molecular flexibility index (Phi) is 3.42. The minimum absolute atomic E-state index is 0.154. The van der Waals surface area contributed by atoms with Gasteiger partial charge in [0.15, 0.2) is 0 Å². The summed E-state index contributed by atoms with van der Waals surface area (Å²) in [6.07, 6.45) is 2.48. The number of fused-ring (bicyclic) bond motifs is 1. The van der Waals surface area contributed by atoms with Crippen LogP contribution < -0.4 is 5.73 Å². The van der Waals surface area contributed by atoms with Gasteiger partial charge < -0.3 is 10.6 Å². The second-order valence-corrected chi connectivity index (χ2v) is 6.17. The predicted molar refractivity (Wildman–Crippen MR) is 80.7 cm³/mol. The van der Waals surface area contributed by atoms with Crippen LogP contribution in [0, 0.1) is 6.92 Å². The molecule has 0 aliphatic carbocycles. The van der Waals surface area contributed by atoms with Crippen LogP contribution in [-0.4, -0.2) is 47.4 Å². The Hall–Kier alpha value is -1.55. The van der Waals surface area contributed by atoms with Crippen LogP contribution in [0.25, 0.3) is 0 Å². The highest BCUT2D eigenvalue weighted by Gasteiger charge is 2.36. The molecule has 4 nitrogen and oxygen atoms in total. The molecule has 2 unspecified atom stereocenters. The maximum absolute atomic E-state index is 12.8. The molecule has 20 heavy (non-hydrogen) atoms. The summed E-state index contributed by atoms with van der Waals surface area (Å²) < 4.78 is 0. The summed E-state index contributed by atoms with van der Waals surface area (Å²) in [7, 11) is 0. The highest BCUT2D eigenvalue weighted by atomic mass is 16.2. The third-order valence-electron chi connectivity index (χ3n) is 4.68. The van der Waals surface area contributed by atoms with Crippen LogP contribution in [0.2, 0.25) is 0 Å². The Labute approximate surface area is 120 Å². The third-order valence-corrected chi connectivity index (χ3v) is 4.68. The first-order valence-corrected chi connectivity index (χ1v) is 7.47. The highest BCUT2D eigenvalue weighted by Crippen LogP contribution is 2.26. The lowest BCUT2D eigenvalue weighted by Gasteiger charge is -2.42. The van der Waals surface area contributed by atoms with Crippen LogP contribution in [-0.2, 0) is 0 Å². The maximum atomic E-state index is 12.8. The van der Waals surface area contributed by atoms with E-state index in [0.717, 1.165) is 24.2 Å². The summed E-state index contributed by atoms with van der Waals surface area (Å²) in [5.74, 6) is 0.154. The largest absolute Gasteiger partial charge is 0.399 e. The lowest BCUT2D eigenvalue weighted by atomic mass is 10.0. The first-order valence-electron chi connectivity index (χ1n) is 7.47. The minimum Gasteiger partial charge on any atom is -0.399 e. The van der Waals surface area contributed by atoms with E-state index >= 15 is 0 Å². The quantitative estimate of drug-likeness (QED) is 0.795. The van der Waals surface area contributed by atoms with Crippen molar-refractivity contribution in [3.8, 4) is 0 Å². The fourth-order valence-corrected chi connectivity index (χ4v) is 3.55. The lowest BCUT2D eigenvalue weighted by molar-refractivity contribution is 0.0395. The number of hydrogen-bond acceptors (Lipinski definition) is 3. The molecule has 2 N–H and O–H groups in total.